The van der Waals surface area contributed by atoms with Crippen molar-refractivity contribution >= 4 is 29.0 Å². The lowest BCUT2D eigenvalue weighted by Crippen LogP contribution is -2.30. The van der Waals surface area contributed by atoms with Crippen molar-refractivity contribution < 1.29 is 19.0 Å². The second-order valence-electron chi connectivity index (χ2n) is 8.38. The number of nitrogens with one attached hydrogen (secondary N) is 1. The maximum atomic E-state index is 11.9. The van der Waals surface area contributed by atoms with Crippen LogP contribution in [0.15, 0.2) is 85.2 Å². The van der Waals surface area contributed by atoms with Crippen LogP contribution in [0.4, 0.5) is 5.69 Å². The topological polar surface area (TPSA) is 77.9 Å². The highest BCUT2D eigenvalue weighted by molar-refractivity contribution is 7.80. The van der Waals surface area contributed by atoms with Gasteiger partial charge in [-0.1, -0.05) is 6.07 Å². The summed E-state index contributed by atoms with van der Waals surface area (Å²) in [6.07, 6.45) is 3.78. The maximum Gasteiger partial charge on any atom is 0.337 e. The summed E-state index contributed by atoms with van der Waals surface area (Å²) in [6, 6.07) is 22.7. The number of hydrogen-bond donors (Lipinski definition) is 1. The van der Waals surface area contributed by atoms with Crippen LogP contribution >= 0.6 is 12.2 Å². The number of esters is 1. The Hall–Kier alpha value is -4.37. The van der Waals surface area contributed by atoms with Crippen LogP contribution in [0.2, 0.25) is 0 Å². The van der Waals surface area contributed by atoms with Crippen molar-refractivity contribution in [1.82, 2.24) is 14.9 Å². The molecule has 9 heteroatoms. The van der Waals surface area contributed by atoms with Crippen molar-refractivity contribution in [2.75, 3.05) is 18.8 Å². The van der Waals surface area contributed by atoms with E-state index in [-0.39, 0.29) is 24.8 Å². The third kappa shape index (κ3) is 3.74. The molecule has 0 radical (unpaired) electrons. The van der Waals surface area contributed by atoms with E-state index in [2.05, 4.69) is 25.8 Å². The van der Waals surface area contributed by atoms with Crippen LogP contribution in [0.5, 0.6) is 11.5 Å². The van der Waals surface area contributed by atoms with Gasteiger partial charge in [0.1, 0.15) is 6.04 Å². The zero-order valence-electron chi connectivity index (χ0n) is 19.3. The smallest absolute Gasteiger partial charge is 0.337 e. The van der Waals surface area contributed by atoms with Gasteiger partial charge in [-0.15, -0.1) is 0 Å². The molecule has 8 nitrogen and oxygen atoms in total. The molecular formula is C27H22N4O4S. The summed E-state index contributed by atoms with van der Waals surface area (Å²) >= 11 is 5.85. The number of aromatic nitrogens is 2. The highest BCUT2D eigenvalue weighted by Gasteiger charge is 2.42. The van der Waals surface area contributed by atoms with Crippen molar-refractivity contribution in [3.8, 4) is 17.2 Å². The molecule has 0 aliphatic carbocycles. The van der Waals surface area contributed by atoms with Crippen LogP contribution in [0.1, 0.15) is 33.8 Å². The summed E-state index contributed by atoms with van der Waals surface area (Å²) in [6.45, 7) is 0.200. The third-order valence-electron chi connectivity index (χ3n) is 6.38. The minimum atomic E-state index is -0.371. The fourth-order valence-corrected chi connectivity index (χ4v) is 5.06. The van der Waals surface area contributed by atoms with Gasteiger partial charge in [0.15, 0.2) is 16.6 Å². The van der Waals surface area contributed by atoms with Gasteiger partial charge in [0.2, 0.25) is 6.79 Å². The average molecular weight is 499 g/mol. The number of nitrogens with zero attached hydrogens (tertiary/aromatic N) is 3. The molecule has 2 aromatic heterocycles. The van der Waals surface area contributed by atoms with Crippen LogP contribution in [0, 0.1) is 0 Å². The number of rotatable bonds is 5. The van der Waals surface area contributed by atoms with E-state index in [0.717, 1.165) is 22.8 Å². The largest absolute Gasteiger partial charge is 0.465 e. The maximum absolute atomic E-state index is 11.9. The van der Waals surface area contributed by atoms with Crippen molar-refractivity contribution in [2.24, 2.45) is 0 Å². The molecule has 2 aliphatic rings. The number of fused-ring (bicyclic) bond motifs is 1. The molecule has 0 spiro atoms. The Labute approximate surface area is 213 Å². The van der Waals surface area contributed by atoms with E-state index in [0.29, 0.717) is 22.2 Å². The monoisotopic (exact) mass is 498 g/mol. The van der Waals surface area contributed by atoms with E-state index >= 15 is 0 Å². The van der Waals surface area contributed by atoms with Crippen LogP contribution < -0.4 is 19.7 Å². The quantitative estimate of drug-likeness (QED) is 0.317. The molecule has 1 N–H and O–H groups in total. The molecule has 1 saturated heterocycles. The molecule has 0 amide bonds. The molecule has 4 aromatic rings. The number of anilines is 1. The van der Waals surface area contributed by atoms with Gasteiger partial charge >= 0.3 is 5.97 Å². The predicted molar refractivity (Wildman–Crippen MR) is 138 cm³/mol. The summed E-state index contributed by atoms with van der Waals surface area (Å²) < 4.78 is 18.1. The second-order valence-corrected chi connectivity index (χ2v) is 8.76. The molecule has 180 valence electrons. The van der Waals surface area contributed by atoms with Crippen LogP contribution in [0.25, 0.3) is 5.69 Å². The average Bonchev–Trinajstić information content (AvgIpc) is 3.66. The van der Waals surface area contributed by atoms with Crippen molar-refractivity contribution in [2.45, 2.75) is 12.1 Å². The van der Waals surface area contributed by atoms with Crippen molar-refractivity contribution in [3.63, 3.8) is 0 Å². The van der Waals surface area contributed by atoms with Gasteiger partial charge in [0.25, 0.3) is 0 Å². The molecular weight excluding hydrogens is 476 g/mol. The fraction of sp³-hybridized carbons (Fsp3) is 0.148. The summed E-state index contributed by atoms with van der Waals surface area (Å²) in [5, 5.41) is 4.07. The van der Waals surface area contributed by atoms with Crippen molar-refractivity contribution in [1.29, 1.82) is 0 Å². The molecule has 6 rings (SSSR count). The van der Waals surface area contributed by atoms with E-state index in [1.807, 2.05) is 60.8 Å². The lowest BCUT2D eigenvalue weighted by Gasteiger charge is -2.29. The van der Waals surface area contributed by atoms with E-state index in [4.69, 9.17) is 26.4 Å². The standard InChI is InChI=1S/C27H22N4O4S/c1-33-26(32)17-7-9-18(10-8-17)30-14-4-6-21(30)25-24(20-5-2-3-13-28-20)29-27(36)31(25)19-11-12-22-23(15-19)35-16-34-22/h2-15,24-25H,16H2,1H3,(H,29,36)/t24-,25+/m1/s1. The third-order valence-corrected chi connectivity index (χ3v) is 6.70. The number of ether oxygens (including phenoxy) is 3. The molecule has 1 fully saturated rings. The normalized spacial score (nSPS) is 18.2. The SMILES string of the molecule is COC(=O)c1ccc(-n2cccc2[C@H]2[C@@H](c3ccccn3)NC(=S)N2c2ccc3c(c2)OCO3)cc1. The lowest BCUT2D eigenvalue weighted by molar-refractivity contribution is 0.0600. The lowest BCUT2D eigenvalue weighted by atomic mass is 10.0. The van der Waals surface area contributed by atoms with Gasteiger partial charge < -0.3 is 29.0 Å². The Bertz CT molecular complexity index is 1440. The Morgan fingerprint density at radius 1 is 1.03 bits per heavy atom. The number of benzene rings is 2. The summed E-state index contributed by atoms with van der Waals surface area (Å²) in [5.74, 6) is 1.02. The second kappa shape index (κ2) is 9.01. The Balaban J connectivity index is 1.46. The van der Waals surface area contributed by atoms with E-state index in [9.17, 15) is 4.79 Å². The number of carbonyl (C=O) groups excluding carboxylic acids is 1. The summed E-state index contributed by atoms with van der Waals surface area (Å²) in [5.41, 5.74) is 4.16. The molecule has 0 saturated carbocycles. The van der Waals surface area contributed by atoms with Crippen LogP contribution in [0.3, 0.4) is 0 Å². The van der Waals surface area contributed by atoms with Gasteiger partial charge in [-0.2, -0.15) is 0 Å². The van der Waals surface area contributed by atoms with Gasteiger partial charge in [0.05, 0.1) is 24.4 Å². The molecule has 0 unspecified atom stereocenters. The minimum Gasteiger partial charge on any atom is -0.465 e. The van der Waals surface area contributed by atoms with Gasteiger partial charge in [0, 0.05) is 35.5 Å². The van der Waals surface area contributed by atoms with Crippen LogP contribution in [-0.2, 0) is 4.74 Å². The first-order chi connectivity index (χ1) is 17.6. The highest BCUT2D eigenvalue weighted by Crippen LogP contribution is 2.44. The fourth-order valence-electron chi connectivity index (χ4n) is 4.71. The van der Waals surface area contributed by atoms with E-state index in [1.165, 1.54) is 7.11 Å². The Kier molecular flexibility index (Phi) is 5.54. The van der Waals surface area contributed by atoms with E-state index < -0.39 is 0 Å². The minimum absolute atomic E-state index is 0.200. The zero-order chi connectivity index (χ0) is 24.6. The van der Waals surface area contributed by atoms with Crippen LogP contribution in [-0.4, -0.2) is 34.5 Å². The first kappa shape index (κ1) is 22.1. The number of hydrogen-bond acceptors (Lipinski definition) is 6. The molecule has 2 atom stereocenters. The number of carbonyl (C=O) groups is 1. The number of pyridine rings is 1. The molecule has 4 heterocycles. The first-order valence-corrected chi connectivity index (χ1v) is 11.8. The Morgan fingerprint density at radius 2 is 1.83 bits per heavy atom. The molecule has 2 aliphatic heterocycles. The summed E-state index contributed by atoms with van der Waals surface area (Å²) in [4.78, 5) is 18.6. The summed E-state index contributed by atoms with van der Waals surface area (Å²) in [7, 11) is 1.37. The molecule has 36 heavy (non-hydrogen) atoms. The highest BCUT2D eigenvalue weighted by atomic mass is 32.1. The number of thiocarbonyl (C=S) groups is 1. The zero-order valence-corrected chi connectivity index (χ0v) is 20.1. The van der Waals surface area contributed by atoms with E-state index in [1.54, 1.807) is 18.3 Å². The molecule has 0 bridgehead atoms. The van der Waals surface area contributed by atoms with Gasteiger partial charge in [-0.25, -0.2) is 4.79 Å². The number of methoxy groups -OCH3 is 1. The first-order valence-electron chi connectivity index (χ1n) is 11.4. The van der Waals surface area contributed by atoms with Crippen molar-refractivity contribution in [3.05, 3.63) is 102 Å². The predicted octanol–water partition coefficient (Wildman–Crippen LogP) is 4.56. The van der Waals surface area contributed by atoms with Gasteiger partial charge in [-0.05, 0) is 72.9 Å². The molecule has 2 aromatic carbocycles. The van der Waals surface area contributed by atoms with Gasteiger partial charge in [-0.3, -0.25) is 4.98 Å². The Morgan fingerprint density at radius 3 is 2.61 bits per heavy atom.